The zero-order chi connectivity index (χ0) is 15.1. The highest BCUT2D eigenvalue weighted by molar-refractivity contribution is 9.11. The second kappa shape index (κ2) is 5.21. The van der Waals surface area contributed by atoms with E-state index in [-0.39, 0.29) is 14.6 Å². The van der Waals surface area contributed by atoms with Gasteiger partial charge < -0.3 is 4.74 Å². The van der Waals surface area contributed by atoms with Gasteiger partial charge >= 0.3 is 6.36 Å². The Morgan fingerprint density at radius 1 is 1.00 bits per heavy atom. The lowest BCUT2D eigenvalue weighted by Crippen LogP contribution is -2.30. The van der Waals surface area contributed by atoms with Crippen LogP contribution in [0.1, 0.15) is 0 Å². The molecule has 106 valence electrons. The summed E-state index contributed by atoms with van der Waals surface area (Å²) < 4.78 is 40.4. The molecule has 0 saturated carbocycles. The van der Waals surface area contributed by atoms with E-state index < -0.39 is 23.9 Å². The van der Waals surface area contributed by atoms with E-state index in [4.69, 9.17) is 0 Å². The van der Waals surface area contributed by atoms with Gasteiger partial charge in [0.2, 0.25) is 0 Å². The topological polar surface area (TPSA) is 46.6 Å². The maximum absolute atomic E-state index is 12.1. The van der Waals surface area contributed by atoms with E-state index >= 15 is 0 Å². The van der Waals surface area contributed by atoms with E-state index in [1.807, 2.05) is 0 Å². The molecule has 4 nitrogen and oxygen atoms in total. The molecule has 9 heteroatoms. The summed E-state index contributed by atoms with van der Waals surface area (Å²) in [5.41, 5.74) is 0.111. The van der Waals surface area contributed by atoms with Crippen LogP contribution in [-0.4, -0.2) is 18.2 Å². The van der Waals surface area contributed by atoms with E-state index in [1.165, 1.54) is 0 Å². The molecule has 1 aromatic carbocycles. The molecule has 2 rings (SSSR count). The predicted octanol–water partition coefficient (Wildman–Crippen LogP) is 3.54. The summed E-state index contributed by atoms with van der Waals surface area (Å²) >= 11 is 6.04. The number of nitrogens with zero attached hydrogens (tertiary/aromatic N) is 1. The van der Waals surface area contributed by atoms with Crippen molar-refractivity contribution < 1.29 is 27.5 Å². The van der Waals surface area contributed by atoms with Crippen molar-refractivity contribution in [2.75, 3.05) is 4.90 Å². The first-order valence-corrected chi connectivity index (χ1v) is 6.58. The Morgan fingerprint density at radius 2 is 1.45 bits per heavy atom. The van der Waals surface area contributed by atoms with Crippen LogP contribution < -0.4 is 9.64 Å². The van der Waals surface area contributed by atoms with Crippen LogP contribution in [0.25, 0.3) is 0 Å². The van der Waals surface area contributed by atoms with Gasteiger partial charge in [0.25, 0.3) is 11.8 Å². The van der Waals surface area contributed by atoms with Crippen LogP contribution in [-0.2, 0) is 9.59 Å². The fraction of sp³-hybridized carbons (Fsp3) is 0.0909. The summed E-state index contributed by atoms with van der Waals surface area (Å²) in [5.74, 6) is -1.64. The van der Waals surface area contributed by atoms with Crippen LogP contribution >= 0.6 is 31.9 Å². The van der Waals surface area contributed by atoms with Crippen molar-refractivity contribution in [1.82, 2.24) is 0 Å². The molecule has 0 N–H and O–H groups in total. The highest BCUT2D eigenvalue weighted by atomic mass is 79.9. The fourth-order valence-electron chi connectivity index (χ4n) is 1.57. The number of hydrogen-bond donors (Lipinski definition) is 0. The molecule has 0 unspecified atom stereocenters. The van der Waals surface area contributed by atoms with Crippen molar-refractivity contribution in [3.8, 4) is 5.75 Å². The number of amides is 2. The summed E-state index contributed by atoms with van der Waals surface area (Å²) in [5, 5.41) is 0. The number of carbonyl (C=O) groups excluding carboxylic acids is 2. The summed E-state index contributed by atoms with van der Waals surface area (Å²) in [4.78, 5) is 24.0. The van der Waals surface area contributed by atoms with Crippen LogP contribution in [0.15, 0.2) is 33.2 Å². The SMILES string of the molecule is O=C1C=CC(=O)N1c1c(Br)cc(OC(F)(F)F)cc1Br. The quantitative estimate of drug-likeness (QED) is 0.695. The minimum absolute atomic E-state index is 0.108. The van der Waals surface area contributed by atoms with E-state index in [2.05, 4.69) is 36.6 Å². The average Bonchev–Trinajstić information content (AvgIpc) is 2.57. The smallest absolute Gasteiger partial charge is 0.406 e. The highest BCUT2D eigenvalue weighted by Crippen LogP contribution is 2.40. The van der Waals surface area contributed by atoms with Crippen molar-refractivity contribution in [3.05, 3.63) is 33.2 Å². The van der Waals surface area contributed by atoms with Gasteiger partial charge in [-0.2, -0.15) is 0 Å². The Kier molecular flexibility index (Phi) is 3.92. The van der Waals surface area contributed by atoms with Crippen molar-refractivity contribution >= 4 is 49.4 Å². The zero-order valence-corrected chi connectivity index (χ0v) is 12.5. The van der Waals surface area contributed by atoms with Gasteiger partial charge in [0.15, 0.2) is 0 Å². The van der Waals surface area contributed by atoms with Crippen LogP contribution in [0, 0.1) is 0 Å². The third-order valence-corrected chi connectivity index (χ3v) is 3.47. The summed E-state index contributed by atoms with van der Waals surface area (Å²) in [7, 11) is 0. The Morgan fingerprint density at radius 3 is 1.85 bits per heavy atom. The lowest BCUT2D eigenvalue weighted by atomic mass is 10.2. The molecule has 0 radical (unpaired) electrons. The molecule has 0 saturated heterocycles. The molecule has 0 atom stereocenters. The van der Waals surface area contributed by atoms with Gasteiger partial charge in [-0.1, -0.05) is 0 Å². The molecule has 20 heavy (non-hydrogen) atoms. The lowest BCUT2D eigenvalue weighted by Gasteiger charge is -2.19. The zero-order valence-electron chi connectivity index (χ0n) is 9.37. The number of benzene rings is 1. The maximum atomic E-state index is 12.1. The summed E-state index contributed by atoms with van der Waals surface area (Å²) in [6.45, 7) is 0. The van der Waals surface area contributed by atoms with Crippen LogP contribution in [0.3, 0.4) is 0 Å². The van der Waals surface area contributed by atoms with Gasteiger partial charge in [-0.05, 0) is 44.0 Å². The molecule has 1 aliphatic heterocycles. The average molecular weight is 415 g/mol. The van der Waals surface area contributed by atoms with Crippen molar-refractivity contribution in [3.63, 3.8) is 0 Å². The molecule has 1 aromatic rings. The van der Waals surface area contributed by atoms with E-state index in [9.17, 15) is 22.8 Å². The van der Waals surface area contributed by atoms with Gasteiger partial charge in [0, 0.05) is 21.1 Å². The van der Waals surface area contributed by atoms with E-state index in [0.29, 0.717) is 0 Å². The van der Waals surface area contributed by atoms with Gasteiger partial charge in [0.05, 0.1) is 5.69 Å². The molecule has 0 fully saturated rings. The first-order valence-electron chi connectivity index (χ1n) is 5.00. The maximum Gasteiger partial charge on any atom is 0.573 e. The van der Waals surface area contributed by atoms with Gasteiger partial charge in [0.1, 0.15) is 5.75 Å². The largest absolute Gasteiger partial charge is 0.573 e. The molecule has 2 amide bonds. The molecular weight excluding hydrogens is 411 g/mol. The minimum atomic E-state index is -4.83. The first-order chi connectivity index (χ1) is 9.19. The number of hydrogen-bond acceptors (Lipinski definition) is 3. The van der Waals surface area contributed by atoms with E-state index in [0.717, 1.165) is 29.2 Å². The first kappa shape index (κ1) is 15.0. The number of imide groups is 1. The number of anilines is 1. The monoisotopic (exact) mass is 413 g/mol. The van der Waals surface area contributed by atoms with Gasteiger partial charge in [-0.25, -0.2) is 4.90 Å². The summed E-state index contributed by atoms with van der Waals surface area (Å²) in [6, 6.07) is 2.04. The second-order valence-electron chi connectivity index (χ2n) is 3.63. The Hall–Kier alpha value is -1.35. The standard InChI is InChI=1S/C11H4Br2F3NO3/c12-6-3-5(20-11(14,15)16)4-7(13)10(6)17-8(18)1-2-9(17)19/h1-4H. The third kappa shape index (κ3) is 3.04. The number of carbonyl (C=O) groups is 2. The fourth-order valence-corrected chi connectivity index (χ4v) is 3.07. The second-order valence-corrected chi connectivity index (χ2v) is 5.34. The molecular formula is C11H4Br2F3NO3. The number of rotatable bonds is 2. The highest BCUT2D eigenvalue weighted by Gasteiger charge is 2.33. The predicted molar refractivity (Wildman–Crippen MR) is 70.2 cm³/mol. The minimum Gasteiger partial charge on any atom is -0.406 e. The molecule has 1 heterocycles. The molecule has 0 aromatic heterocycles. The number of ether oxygens (including phenoxy) is 1. The Labute approximate surface area is 127 Å². The van der Waals surface area contributed by atoms with Crippen molar-refractivity contribution in [2.45, 2.75) is 6.36 Å². The normalized spacial score (nSPS) is 15.2. The number of alkyl halides is 3. The van der Waals surface area contributed by atoms with Gasteiger partial charge in [-0.3, -0.25) is 9.59 Å². The van der Waals surface area contributed by atoms with Crippen LogP contribution in [0.2, 0.25) is 0 Å². The van der Waals surface area contributed by atoms with Crippen molar-refractivity contribution in [2.24, 2.45) is 0 Å². The summed E-state index contributed by atoms with van der Waals surface area (Å²) in [6.07, 6.45) is -2.69. The number of halogens is 5. The Balaban J connectivity index is 2.42. The molecule has 0 aliphatic carbocycles. The third-order valence-electron chi connectivity index (χ3n) is 2.26. The van der Waals surface area contributed by atoms with Crippen LogP contribution in [0.4, 0.5) is 18.9 Å². The lowest BCUT2D eigenvalue weighted by molar-refractivity contribution is -0.274. The van der Waals surface area contributed by atoms with E-state index in [1.54, 1.807) is 0 Å². The molecule has 1 aliphatic rings. The van der Waals surface area contributed by atoms with Crippen molar-refractivity contribution in [1.29, 1.82) is 0 Å². The van der Waals surface area contributed by atoms with Gasteiger partial charge in [-0.15, -0.1) is 13.2 Å². The molecule has 0 bridgehead atoms. The van der Waals surface area contributed by atoms with Crippen LogP contribution in [0.5, 0.6) is 5.75 Å². The molecule has 0 spiro atoms. The Bertz CT molecular complexity index is 587.